The Morgan fingerprint density at radius 3 is 2.55 bits per heavy atom. The van der Waals surface area contributed by atoms with E-state index in [1.807, 2.05) is 0 Å². The molecule has 0 radical (unpaired) electrons. The zero-order valence-electron chi connectivity index (χ0n) is 6.25. The van der Waals surface area contributed by atoms with E-state index in [1.54, 1.807) is 0 Å². The zero-order chi connectivity index (χ0) is 8.32. The summed E-state index contributed by atoms with van der Waals surface area (Å²) in [5.41, 5.74) is 0. The van der Waals surface area contributed by atoms with Gasteiger partial charge in [0.2, 0.25) is 0 Å². The van der Waals surface area contributed by atoms with Crippen molar-refractivity contribution < 1.29 is 13.2 Å². The minimum absolute atomic E-state index is 0.247. The number of rotatable bonds is 2. The minimum atomic E-state index is -3.97. The molecule has 1 fully saturated rings. The molecular formula is C7H12F3N. The van der Waals surface area contributed by atoms with Gasteiger partial charge in [0.05, 0.1) is 0 Å². The van der Waals surface area contributed by atoms with E-state index in [2.05, 4.69) is 5.32 Å². The summed E-state index contributed by atoms with van der Waals surface area (Å²) < 4.78 is 35.1. The fourth-order valence-electron chi connectivity index (χ4n) is 1.33. The van der Waals surface area contributed by atoms with Crippen LogP contribution in [0.15, 0.2) is 0 Å². The van der Waals surface area contributed by atoms with E-state index in [1.165, 1.54) is 0 Å². The van der Waals surface area contributed by atoms with Crippen LogP contribution < -0.4 is 5.32 Å². The average Bonchev–Trinajstić information content (AvgIpc) is 2.32. The first-order valence-corrected chi connectivity index (χ1v) is 3.85. The van der Waals surface area contributed by atoms with Crippen LogP contribution in [0.2, 0.25) is 0 Å². The quantitative estimate of drug-likeness (QED) is 0.662. The Morgan fingerprint density at radius 2 is 2.09 bits per heavy atom. The van der Waals surface area contributed by atoms with Gasteiger partial charge in [-0.25, -0.2) is 0 Å². The standard InChI is InChI=1S/C7H12F3N/c8-7(9,10)3-1-6-2-4-11-5-6/h6,11H,1-5H2/t6-/m0/s1. The molecule has 1 nitrogen and oxygen atoms in total. The summed E-state index contributed by atoms with van der Waals surface area (Å²) in [7, 11) is 0. The summed E-state index contributed by atoms with van der Waals surface area (Å²) >= 11 is 0. The highest BCUT2D eigenvalue weighted by Gasteiger charge is 2.28. The normalized spacial score (nSPS) is 25.9. The lowest BCUT2D eigenvalue weighted by Gasteiger charge is -2.09. The molecule has 0 aromatic carbocycles. The zero-order valence-corrected chi connectivity index (χ0v) is 6.25. The van der Waals surface area contributed by atoms with Crippen LogP contribution >= 0.6 is 0 Å². The average molecular weight is 167 g/mol. The molecule has 1 rings (SSSR count). The molecule has 0 amide bonds. The maximum absolute atomic E-state index is 11.7. The van der Waals surface area contributed by atoms with Gasteiger partial charge in [-0.2, -0.15) is 13.2 Å². The van der Waals surface area contributed by atoms with Crippen LogP contribution in [0.4, 0.5) is 13.2 Å². The molecular weight excluding hydrogens is 155 g/mol. The van der Waals surface area contributed by atoms with Crippen LogP contribution in [-0.4, -0.2) is 19.3 Å². The van der Waals surface area contributed by atoms with Gasteiger partial charge < -0.3 is 5.32 Å². The Kier molecular flexibility index (Phi) is 2.76. The van der Waals surface area contributed by atoms with Crippen LogP contribution in [-0.2, 0) is 0 Å². The van der Waals surface area contributed by atoms with Crippen molar-refractivity contribution in [1.82, 2.24) is 5.32 Å². The maximum Gasteiger partial charge on any atom is 0.389 e. The number of nitrogens with one attached hydrogen (secondary N) is 1. The van der Waals surface area contributed by atoms with E-state index in [4.69, 9.17) is 0 Å². The predicted octanol–water partition coefficient (Wildman–Crippen LogP) is 1.94. The number of alkyl halides is 3. The number of hydrogen-bond acceptors (Lipinski definition) is 1. The third kappa shape index (κ3) is 3.60. The molecule has 0 bridgehead atoms. The topological polar surface area (TPSA) is 12.0 Å². The summed E-state index contributed by atoms with van der Waals surface area (Å²) in [6.45, 7) is 1.64. The second-order valence-corrected chi connectivity index (χ2v) is 3.01. The molecule has 0 aromatic rings. The van der Waals surface area contributed by atoms with Crippen molar-refractivity contribution in [2.45, 2.75) is 25.4 Å². The first-order valence-electron chi connectivity index (χ1n) is 3.85. The number of hydrogen-bond donors (Lipinski definition) is 1. The third-order valence-corrected chi connectivity index (χ3v) is 2.00. The molecule has 0 aliphatic carbocycles. The Morgan fingerprint density at radius 1 is 1.36 bits per heavy atom. The highest BCUT2D eigenvalue weighted by Crippen LogP contribution is 2.25. The minimum Gasteiger partial charge on any atom is -0.316 e. The van der Waals surface area contributed by atoms with Crippen LogP contribution in [0.25, 0.3) is 0 Å². The van der Waals surface area contributed by atoms with E-state index in [9.17, 15) is 13.2 Å². The summed E-state index contributed by atoms with van der Waals surface area (Å²) in [5.74, 6) is 0.247. The maximum atomic E-state index is 11.7. The van der Waals surface area contributed by atoms with Gasteiger partial charge in [0.15, 0.2) is 0 Å². The van der Waals surface area contributed by atoms with Crippen molar-refractivity contribution in [2.24, 2.45) is 5.92 Å². The first kappa shape index (κ1) is 8.84. The lowest BCUT2D eigenvalue weighted by molar-refractivity contribution is -0.137. The molecule has 0 unspecified atom stereocenters. The van der Waals surface area contributed by atoms with Gasteiger partial charge in [-0.3, -0.25) is 0 Å². The predicted molar refractivity (Wildman–Crippen MR) is 36.3 cm³/mol. The van der Waals surface area contributed by atoms with Crippen molar-refractivity contribution >= 4 is 0 Å². The van der Waals surface area contributed by atoms with E-state index in [0.29, 0.717) is 0 Å². The Hall–Kier alpha value is -0.250. The van der Waals surface area contributed by atoms with Crippen molar-refractivity contribution in [1.29, 1.82) is 0 Å². The van der Waals surface area contributed by atoms with Crippen LogP contribution in [0.1, 0.15) is 19.3 Å². The van der Waals surface area contributed by atoms with Crippen LogP contribution in [0.3, 0.4) is 0 Å². The Labute approximate surface area is 64.0 Å². The summed E-state index contributed by atoms with van der Waals surface area (Å²) in [6.07, 6.45) is -3.41. The molecule has 1 aliphatic heterocycles. The van der Waals surface area contributed by atoms with E-state index < -0.39 is 12.6 Å². The Bertz CT molecular complexity index is 115. The second-order valence-electron chi connectivity index (χ2n) is 3.01. The molecule has 1 N–H and O–H groups in total. The SMILES string of the molecule is FC(F)(F)CC[C@H]1CCNC1. The lowest BCUT2D eigenvalue weighted by Crippen LogP contribution is -2.13. The first-order chi connectivity index (χ1) is 5.08. The van der Waals surface area contributed by atoms with Gasteiger partial charge in [0.1, 0.15) is 0 Å². The van der Waals surface area contributed by atoms with E-state index >= 15 is 0 Å². The van der Waals surface area contributed by atoms with Gasteiger partial charge in [-0.05, 0) is 31.8 Å². The van der Waals surface area contributed by atoms with Gasteiger partial charge in [-0.1, -0.05) is 0 Å². The van der Waals surface area contributed by atoms with Gasteiger partial charge in [-0.15, -0.1) is 0 Å². The summed E-state index contributed by atoms with van der Waals surface area (Å²) in [6, 6.07) is 0. The molecule has 1 aliphatic rings. The highest BCUT2D eigenvalue weighted by atomic mass is 19.4. The van der Waals surface area contributed by atoms with Crippen molar-refractivity contribution in [2.75, 3.05) is 13.1 Å². The van der Waals surface area contributed by atoms with E-state index in [-0.39, 0.29) is 12.3 Å². The molecule has 1 atom stereocenters. The van der Waals surface area contributed by atoms with E-state index in [0.717, 1.165) is 19.5 Å². The fraction of sp³-hybridized carbons (Fsp3) is 1.00. The fourth-order valence-corrected chi connectivity index (χ4v) is 1.33. The molecule has 1 saturated heterocycles. The monoisotopic (exact) mass is 167 g/mol. The molecule has 66 valence electrons. The molecule has 0 spiro atoms. The Balaban J connectivity index is 2.11. The van der Waals surface area contributed by atoms with Crippen molar-refractivity contribution in [3.63, 3.8) is 0 Å². The smallest absolute Gasteiger partial charge is 0.316 e. The second kappa shape index (κ2) is 3.43. The molecule has 1 heterocycles. The highest BCUT2D eigenvalue weighted by molar-refractivity contribution is 4.71. The largest absolute Gasteiger partial charge is 0.389 e. The van der Waals surface area contributed by atoms with Gasteiger partial charge in [0, 0.05) is 6.42 Å². The number of halogens is 3. The third-order valence-electron chi connectivity index (χ3n) is 2.00. The molecule has 0 saturated carbocycles. The van der Waals surface area contributed by atoms with Gasteiger partial charge in [0.25, 0.3) is 0 Å². The van der Waals surface area contributed by atoms with Crippen LogP contribution in [0, 0.1) is 5.92 Å². The van der Waals surface area contributed by atoms with Crippen LogP contribution in [0.5, 0.6) is 0 Å². The van der Waals surface area contributed by atoms with Gasteiger partial charge >= 0.3 is 6.18 Å². The molecule has 4 heteroatoms. The summed E-state index contributed by atoms with van der Waals surface area (Å²) in [5, 5.41) is 3.04. The molecule has 0 aromatic heterocycles. The lowest BCUT2D eigenvalue weighted by atomic mass is 10.0. The van der Waals surface area contributed by atoms with Crippen molar-refractivity contribution in [3.8, 4) is 0 Å². The molecule has 11 heavy (non-hydrogen) atoms. The van der Waals surface area contributed by atoms with Crippen molar-refractivity contribution in [3.05, 3.63) is 0 Å². The summed E-state index contributed by atoms with van der Waals surface area (Å²) in [4.78, 5) is 0.